The third-order valence-corrected chi connectivity index (χ3v) is 5.38. The molecule has 0 aliphatic heterocycles. The fourth-order valence-corrected chi connectivity index (χ4v) is 3.81. The van der Waals surface area contributed by atoms with Gasteiger partial charge in [-0.05, 0) is 42.2 Å². The Kier molecular flexibility index (Phi) is 5.85. The molecule has 8 heteroatoms. The average Bonchev–Trinajstić information content (AvgIpc) is 3.07. The fourth-order valence-electron chi connectivity index (χ4n) is 2.40. The molecule has 136 valence electrons. The Morgan fingerprint density at radius 1 is 1.15 bits per heavy atom. The van der Waals surface area contributed by atoms with Crippen molar-refractivity contribution in [3.05, 3.63) is 42.0 Å². The highest BCUT2D eigenvalue weighted by atomic mass is 32.2. The van der Waals surface area contributed by atoms with Gasteiger partial charge in [-0.2, -0.15) is 0 Å². The number of thioether (sulfide) groups is 1. The van der Waals surface area contributed by atoms with Crippen LogP contribution in [-0.2, 0) is 6.54 Å². The summed E-state index contributed by atoms with van der Waals surface area (Å²) in [4.78, 5) is 17.8. The highest BCUT2D eigenvalue weighted by Gasteiger charge is 2.09. The molecule has 3 aromatic rings. The molecular formula is C18H19N3O3S2. The zero-order valence-corrected chi connectivity index (χ0v) is 16.3. The van der Waals surface area contributed by atoms with Gasteiger partial charge in [0.2, 0.25) is 0 Å². The van der Waals surface area contributed by atoms with Gasteiger partial charge >= 0.3 is 6.03 Å². The Hall–Kier alpha value is -2.45. The number of amides is 2. The number of anilines is 1. The van der Waals surface area contributed by atoms with Crippen LogP contribution in [0.25, 0.3) is 10.2 Å². The number of aromatic nitrogens is 1. The maximum absolute atomic E-state index is 12.1. The molecule has 2 N–H and O–H groups in total. The van der Waals surface area contributed by atoms with Crippen LogP contribution in [0.15, 0.2) is 41.3 Å². The van der Waals surface area contributed by atoms with Crippen molar-refractivity contribution >= 4 is 44.5 Å². The molecule has 3 rings (SSSR count). The minimum atomic E-state index is -0.302. The van der Waals surface area contributed by atoms with E-state index in [0.717, 1.165) is 15.8 Å². The first kappa shape index (κ1) is 18.3. The second-order valence-electron chi connectivity index (χ2n) is 5.35. The summed E-state index contributed by atoms with van der Waals surface area (Å²) < 4.78 is 11.5. The van der Waals surface area contributed by atoms with Crippen LogP contribution >= 0.6 is 23.1 Å². The summed E-state index contributed by atoms with van der Waals surface area (Å²) in [6, 6.07) is 11.3. The largest absolute Gasteiger partial charge is 0.493 e. The molecule has 0 aliphatic rings. The van der Waals surface area contributed by atoms with Crippen molar-refractivity contribution in [1.29, 1.82) is 0 Å². The Bertz CT molecular complexity index is 927. The topological polar surface area (TPSA) is 72.5 Å². The van der Waals surface area contributed by atoms with Gasteiger partial charge in [0.25, 0.3) is 0 Å². The molecule has 0 fully saturated rings. The Labute approximate surface area is 159 Å². The molecule has 0 unspecified atom stereocenters. The number of ether oxygens (including phenoxy) is 2. The van der Waals surface area contributed by atoms with Crippen LogP contribution in [0, 0.1) is 0 Å². The van der Waals surface area contributed by atoms with Gasteiger partial charge in [-0.15, -0.1) is 11.8 Å². The smallest absolute Gasteiger partial charge is 0.321 e. The van der Waals surface area contributed by atoms with E-state index >= 15 is 0 Å². The second-order valence-corrected chi connectivity index (χ2v) is 7.26. The number of nitrogens with zero attached hydrogens (tertiary/aromatic N) is 1. The Morgan fingerprint density at radius 3 is 2.69 bits per heavy atom. The lowest BCUT2D eigenvalue weighted by atomic mass is 10.2. The molecule has 2 aromatic carbocycles. The SMILES string of the molecule is COc1ccc(CNC(=O)Nc2nc3ccc(SC)cc3s2)cc1OC. The molecule has 0 atom stereocenters. The number of urea groups is 1. The van der Waals surface area contributed by atoms with Crippen LogP contribution in [0.3, 0.4) is 0 Å². The van der Waals surface area contributed by atoms with E-state index < -0.39 is 0 Å². The van der Waals surface area contributed by atoms with Crippen LogP contribution in [0.2, 0.25) is 0 Å². The van der Waals surface area contributed by atoms with Crippen LogP contribution in [-0.4, -0.2) is 31.5 Å². The lowest BCUT2D eigenvalue weighted by Crippen LogP contribution is -2.28. The molecule has 0 saturated heterocycles. The number of hydrogen-bond acceptors (Lipinski definition) is 6. The predicted molar refractivity (Wildman–Crippen MR) is 107 cm³/mol. The Balaban J connectivity index is 1.62. The van der Waals surface area contributed by atoms with Gasteiger partial charge in [-0.3, -0.25) is 5.32 Å². The number of methoxy groups -OCH3 is 2. The van der Waals surface area contributed by atoms with Crippen molar-refractivity contribution in [3.63, 3.8) is 0 Å². The maximum Gasteiger partial charge on any atom is 0.321 e. The van der Waals surface area contributed by atoms with Gasteiger partial charge in [0.05, 0.1) is 24.4 Å². The first-order valence-electron chi connectivity index (χ1n) is 7.83. The molecule has 6 nitrogen and oxygen atoms in total. The number of benzene rings is 2. The second kappa shape index (κ2) is 8.29. The van der Waals surface area contributed by atoms with E-state index in [2.05, 4.69) is 21.7 Å². The lowest BCUT2D eigenvalue weighted by molar-refractivity contribution is 0.251. The fraction of sp³-hybridized carbons (Fsp3) is 0.222. The number of hydrogen-bond donors (Lipinski definition) is 2. The van der Waals surface area contributed by atoms with E-state index in [9.17, 15) is 4.79 Å². The molecule has 26 heavy (non-hydrogen) atoms. The molecule has 0 spiro atoms. The number of rotatable bonds is 6. The summed E-state index contributed by atoms with van der Waals surface area (Å²) in [6.45, 7) is 0.369. The number of nitrogens with one attached hydrogen (secondary N) is 2. The number of fused-ring (bicyclic) bond motifs is 1. The summed E-state index contributed by atoms with van der Waals surface area (Å²) in [5, 5.41) is 6.18. The zero-order chi connectivity index (χ0) is 18.5. The predicted octanol–water partition coefficient (Wildman–Crippen LogP) is 4.36. The molecule has 0 bridgehead atoms. The quantitative estimate of drug-likeness (QED) is 0.613. The van der Waals surface area contributed by atoms with Gasteiger partial charge in [-0.1, -0.05) is 17.4 Å². The number of thiazole rings is 1. The van der Waals surface area contributed by atoms with E-state index in [-0.39, 0.29) is 6.03 Å². The monoisotopic (exact) mass is 389 g/mol. The first-order valence-corrected chi connectivity index (χ1v) is 9.87. The summed E-state index contributed by atoms with van der Waals surface area (Å²) in [7, 11) is 3.17. The molecule has 0 saturated carbocycles. The van der Waals surface area contributed by atoms with E-state index in [1.807, 2.05) is 36.6 Å². The maximum atomic E-state index is 12.1. The molecule has 1 aromatic heterocycles. The van der Waals surface area contributed by atoms with Crippen molar-refractivity contribution in [2.24, 2.45) is 0 Å². The number of carbonyl (C=O) groups is 1. The summed E-state index contributed by atoms with van der Waals surface area (Å²) in [5.41, 5.74) is 1.79. The van der Waals surface area contributed by atoms with E-state index in [1.54, 1.807) is 26.0 Å². The molecule has 0 aliphatic carbocycles. The molecular weight excluding hydrogens is 370 g/mol. The van der Waals surface area contributed by atoms with Crippen molar-refractivity contribution in [2.45, 2.75) is 11.4 Å². The van der Waals surface area contributed by atoms with Crippen molar-refractivity contribution in [2.75, 3.05) is 25.8 Å². The average molecular weight is 390 g/mol. The van der Waals surface area contributed by atoms with Gasteiger partial charge in [0, 0.05) is 11.4 Å². The molecule has 0 radical (unpaired) electrons. The molecule has 1 heterocycles. The van der Waals surface area contributed by atoms with Crippen molar-refractivity contribution in [3.8, 4) is 11.5 Å². The van der Waals surface area contributed by atoms with Crippen LogP contribution in [0.5, 0.6) is 11.5 Å². The van der Waals surface area contributed by atoms with Crippen LogP contribution in [0.1, 0.15) is 5.56 Å². The summed E-state index contributed by atoms with van der Waals surface area (Å²) >= 11 is 3.13. The first-order chi connectivity index (χ1) is 12.6. The highest BCUT2D eigenvalue weighted by Crippen LogP contribution is 2.29. The third kappa shape index (κ3) is 4.20. The van der Waals surface area contributed by atoms with Gasteiger partial charge < -0.3 is 14.8 Å². The van der Waals surface area contributed by atoms with E-state index in [1.165, 1.54) is 16.2 Å². The van der Waals surface area contributed by atoms with Gasteiger partial charge in [-0.25, -0.2) is 9.78 Å². The van der Waals surface area contributed by atoms with Crippen molar-refractivity contribution < 1.29 is 14.3 Å². The minimum Gasteiger partial charge on any atom is -0.493 e. The van der Waals surface area contributed by atoms with Crippen LogP contribution < -0.4 is 20.1 Å². The lowest BCUT2D eigenvalue weighted by Gasteiger charge is -2.10. The minimum absolute atomic E-state index is 0.302. The normalized spacial score (nSPS) is 10.6. The number of carbonyl (C=O) groups excluding carboxylic acids is 1. The summed E-state index contributed by atoms with van der Waals surface area (Å²) in [5.74, 6) is 1.28. The van der Waals surface area contributed by atoms with E-state index in [4.69, 9.17) is 9.47 Å². The zero-order valence-electron chi connectivity index (χ0n) is 14.7. The van der Waals surface area contributed by atoms with Crippen molar-refractivity contribution in [1.82, 2.24) is 10.3 Å². The highest BCUT2D eigenvalue weighted by molar-refractivity contribution is 7.98. The third-order valence-electron chi connectivity index (χ3n) is 3.72. The van der Waals surface area contributed by atoms with Gasteiger partial charge in [0.1, 0.15) is 0 Å². The van der Waals surface area contributed by atoms with Crippen LogP contribution in [0.4, 0.5) is 9.93 Å². The standard InChI is InChI=1S/C18H19N3O3S2/c1-23-14-7-4-11(8-15(14)24-2)10-19-17(22)21-18-20-13-6-5-12(25-3)9-16(13)26-18/h4-9H,10H2,1-3H3,(H2,19,20,21,22). The summed E-state index contributed by atoms with van der Waals surface area (Å²) in [6.07, 6.45) is 2.03. The van der Waals surface area contributed by atoms with Gasteiger partial charge in [0.15, 0.2) is 16.6 Å². The van der Waals surface area contributed by atoms with E-state index in [0.29, 0.717) is 23.2 Å². The molecule has 2 amide bonds. The Morgan fingerprint density at radius 2 is 1.96 bits per heavy atom.